The predicted molar refractivity (Wildman–Crippen MR) is 57.3 cm³/mol. The first-order valence-corrected chi connectivity index (χ1v) is 4.84. The normalized spacial score (nSPS) is 12.9. The molecule has 1 aromatic rings. The van der Waals surface area contributed by atoms with Crippen LogP contribution in [0, 0.1) is 0 Å². The van der Waals surface area contributed by atoms with Crippen LogP contribution >= 0.6 is 0 Å². The lowest BCUT2D eigenvalue weighted by molar-refractivity contribution is 0.256. The number of aromatic nitrogens is 2. The zero-order valence-electron chi connectivity index (χ0n) is 8.90. The Hall–Kier alpha value is -2.11. The highest BCUT2D eigenvalue weighted by Crippen LogP contribution is 2.02. The third-order valence-electron chi connectivity index (χ3n) is 2.12. The minimum Gasteiger partial charge on any atom is -0.382 e. The molecular formula is C10H11N5O. The van der Waals surface area contributed by atoms with Crippen molar-refractivity contribution >= 4 is 11.8 Å². The van der Waals surface area contributed by atoms with Crippen LogP contribution in [0.25, 0.3) is 0 Å². The number of hydrogen-bond donors (Lipinski definition) is 1. The summed E-state index contributed by atoms with van der Waals surface area (Å²) < 4.78 is 0. The van der Waals surface area contributed by atoms with Crippen molar-refractivity contribution in [1.82, 2.24) is 9.97 Å². The number of nitrogens with two attached hydrogens (primary N) is 1. The van der Waals surface area contributed by atoms with Gasteiger partial charge in [0.25, 0.3) is 0 Å². The standard InChI is InChI=1S/C10H11N5O/c1-5(2)3-4-6-12-8(11)7-9(13-6)15-10(16)14-7/h1,3-4H2,2H3,(H2,11,12,13,15,16). The Bertz CT molecular complexity index is 590. The molecule has 0 saturated heterocycles. The van der Waals surface area contributed by atoms with Gasteiger partial charge in [-0.1, -0.05) is 5.57 Å². The van der Waals surface area contributed by atoms with Crippen molar-refractivity contribution in [3.05, 3.63) is 28.8 Å². The Morgan fingerprint density at radius 1 is 1.38 bits per heavy atom. The van der Waals surface area contributed by atoms with E-state index in [1.165, 1.54) is 0 Å². The summed E-state index contributed by atoms with van der Waals surface area (Å²) in [6.45, 7) is 5.72. The van der Waals surface area contributed by atoms with Crippen molar-refractivity contribution in [2.24, 2.45) is 9.98 Å². The van der Waals surface area contributed by atoms with E-state index in [1.54, 1.807) is 0 Å². The third kappa shape index (κ3) is 1.95. The number of carbonyl (C=O) groups is 1. The van der Waals surface area contributed by atoms with Gasteiger partial charge in [-0.25, -0.2) is 14.8 Å². The molecule has 1 aliphatic rings. The fourth-order valence-electron chi connectivity index (χ4n) is 1.34. The Labute approximate surface area is 91.7 Å². The highest BCUT2D eigenvalue weighted by atomic mass is 16.2. The maximum atomic E-state index is 11.0. The van der Waals surface area contributed by atoms with Gasteiger partial charge in [-0.2, -0.15) is 9.98 Å². The predicted octanol–water partition coefficient (Wildman–Crippen LogP) is -0.0597. The van der Waals surface area contributed by atoms with Gasteiger partial charge >= 0.3 is 6.03 Å². The highest BCUT2D eigenvalue weighted by Gasteiger charge is 2.11. The van der Waals surface area contributed by atoms with Crippen molar-refractivity contribution in [3.63, 3.8) is 0 Å². The molecule has 2 amide bonds. The molecule has 1 aromatic heterocycles. The van der Waals surface area contributed by atoms with Gasteiger partial charge in [0.15, 0.2) is 16.7 Å². The van der Waals surface area contributed by atoms with E-state index in [4.69, 9.17) is 5.73 Å². The van der Waals surface area contributed by atoms with Gasteiger partial charge in [-0.15, -0.1) is 6.58 Å². The number of nitrogens with zero attached hydrogens (tertiary/aromatic N) is 4. The van der Waals surface area contributed by atoms with Crippen LogP contribution in [0.15, 0.2) is 22.1 Å². The number of carbonyl (C=O) groups excluding carboxylic acids is 1. The Balaban J connectivity index is 2.40. The molecule has 2 heterocycles. The number of hydrogen-bond acceptors (Lipinski definition) is 4. The van der Waals surface area contributed by atoms with Gasteiger partial charge in [-0.05, 0) is 13.3 Å². The zero-order chi connectivity index (χ0) is 11.7. The van der Waals surface area contributed by atoms with Crippen LogP contribution in [0.5, 0.6) is 0 Å². The Morgan fingerprint density at radius 2 is 2.12 bits per heavy atom. The second-order valence-electron chi connectivity index (χ2n) is 3.66. The Kier molecular flexibility index (Phi) is 2.47. The van der Waals surface area contributed by atoms with E-state index >= 15 is 0 Å². The summed E-state index contributed by atoms with van der Waals surface area (Å²) in [6, 6.07) is -0.576. The lowest BCUT2D eigenvalue weighted by Crippen LogP contribution is -2.31. The monoisotopic (exact) mass is 217 g/mol. The van der Waals surface area contributed by atoms with Crippen LogP contribution in [0.4, 0.5) is 10.6 Å². The van der Waals surface area contributed by atoms with Gasteiger partial charge < -0.3 is 5.73 Å². The van der Waals surface area contributed by atoms with E-state index in [2.05, 4.69) is 26.5 Å². The van der Waals surface area contributed by atoms with Gasteiger partial charge in [0.05, 0.1) is 0 Å². The lowest BCUT2D eigenvalue weighted by atomic mass is 10.2. The average molecular weight is 217 g/mol. The molecule has 0 aromatic carbocycles. The summed E-state index contributed by atoms with van der Waals surface area (Å²) in [4.78, 5) is 26.4. The first kappa shape index (κ1) is 10.4. The van der Waals surface area contributed by atoms with Gasteiger partial charge in [0.1, 0.15) is 5.82 Å². The first-order valence-electron chi connectivity index (χ1n) is 4.84. The number of rotatable bonds is 3. The number of allylic oxidation sites excluding steroid dienone is 1. The third-order valence-corrected chi connectivity index (χ3v) is 2.12. The molecule has 6 heteroatoms. The van der Waals surface area contributed by atoms with Crippen LogP contribution in [0.3, 0.4) is 0 Å². The van der Waals surface area contributed by atoms with Crippen molar-refractivity contribution < 1.29 is 4.79 Å². The molecule has 2 N–H and O–H groups in total. The van der Waals surface area contributed by atoms with Gasteiger partial charge in [0.2, 0.25) is 0 Å². The quantitative estimate of drug-likeness (QED) is 0.717. The number of aryl methyl sites for hydroxylation is 1. The number of nitrogen functional groups attached to an aromatic ring is 1. The van der Waals surface area contributed by atoms with Crippen molar-refractivity contribution in [2.45, 2.75) is 19.8 Å². The molecule has 2 rings (SSSR count). The molecule has 16 heavy (non-hydrogen) atoms. The molecule has 0 bridgehead atoms. The van der Waals surface area contributed by atoms with E-state index in [9.17, 15) is 4.79 Å². The molecule has 0 fully saturated rings. The lowest BCUT2D eigenvalue weighted by Gasteiger charge is -1.99. The summed E-state index contributed by atoms with van der Waals surface area (Å²) in [5.74, 6) is 0.768. The smallest absolute Gasteiger partial charge is 0.369 e. The van der Waals surface area contributed by atoms with Crippen LogP contribution in [0.2, 0.25) is 0 Å². The van der Waals surface area contributed by atoms with E-state index in [0.717, 1.165) is 12.0 Å². The summed E-state index contributed by atoms with van der Waals surface area (Å²) in [6.07, 6.45) is 1.42. The maximum Gasteiger partial charge on any atom is 0.369 e. The zero-order valence-corrected chi connectivity index (χ0v) is 8.90. The molecular weight excluding hydrogens is 206 g/mol. The minimum atomic E-state index is -0.576. The summed E-state index contributed by atoms with van der Waals surface area (Å²) in [5, 5.41) is 0.282. The molecule has 0 atom stereocenters. The fourth-order valence-corrected chi connectivity index (χ4v) is 1.34. The number of anilines is 1. The van der Waals surface area contributed by atoms with Crippen molar-refractivity contribution in [3.8, 4) is 0 Å². The van der Waals surface area contributed by atoms with Crippen molar-refractivity contribution in [1.29, 1.82) is 0 Å². The molecule has 0 radical (unpaired) electrons. The van der Waals surface area contributed by atoms with Crippen molar-refractivity contribution in [2.75, 3.05) is 5.73 Å². The first-order chi connectivity index (χ1) is 7.56. The molecule has 0 aliphatic carbocycles. The molecule has 1 aliphatic heterocycles. The summed E-state index contributed by atoms with van der Waals surface area (Å²) in [5.41, 5.74) is 6.98. The topological polar surface area (TPSA) is 93.6 Å². The van der Waals surface area contributed by atoms with Crippen LogP contribution < -0.4 is 16.6 Å². The van der Waals surface area contributed by atoms with E-state index in [1.807, 2.05) is 6.92 Å². The molecule has 82 valence electrons. The highest BCUT2D eigenvalue weighted by molar-refractivity contribution is 5.77. The van der Waals surface area contributed by atoms with Crippen LogP contribution in [0.1, 0.15) is 19.2 Å². The fraction of sp³-hybridized carbons (Fsp3) is 0.300. The number of fused-ring (bicyclic) bond motifs is 1. The van der Waals surface area contributed by atoms with E-state index < -0.39 is 6.03 Å². The van der Waals surface area contributed by atoms with E-state index in [0.29, 0.717) is 12.2 Å². The SMILES string of the molecule is C=C(C)CCc1nc(N)c2c(n1)=NC(=O)N=2. The van der Waals surface area contributed by atoms with Crippen LogP contribution in [-0.4, -0.2) is 16.0 Å². The maximum absolute atomic E-state index is 11.0. The molecule has 0 spiro atoms. The second-order valence-corrected chi connectivity index (χ2v) is 3.66. The second kappa shape index (κ2) is 3.80. The molecule has 6 nitrogen and oxygen atoms in total. The largest absolute Gasteiger partial charge is 0.382 e. The van der Waals surface area contributed by atoms with Gasteiger partial charge in [-0.3, -0.25) is 0 Å². The number of amides is 2. The minimum absolute atomic E-state index is 0.205. The average Bonchev–Trinajstić information content (AvgIpc) is 2.56. The van der Waals surface area contributed by atoms with Crippen LogP contribution in [-0.2, 0) is 6.42 Å². The van der Waals surface area contributed by atoms with Gasteiger partial charge in [0, 0.05) is 6.42 Å². The Morgan fingerprint density at radius 3 is 2.81 bits per heavy atom. The summed E-state index contributed by atoms with van der Waals surface area (Å²) in [7, 11) is 0. The molecule has 0 unspecified atom stereocenters. The molecule has 0 saturated carbocycles. The summed E-state index contributed by atoms with van der Waals surface area (Å²) >= 11 is 0. The van der Waals surface area contributed by atoms with E-state index in [-0.39, 0.29) is 16.7 Å². The number of urea groups is 1.